The van der Waals surface area contributed by atoms with Gasteiger partial charge >= 0.3 is 8.69 Å². The zero-order valence-corrected chi connectivity index (χ0v) is 11.0. The Bertz CT molecular complexity index is 75.7. The van der Waals surface area contributed by atoms with E-state index in [2.05, 4.69) is 11.1 Å². The second kappa shape index (κ2) is 10.9. The van der Waals surface area contributed by atoms with Crippen molar-refractivity contribution in [3.8, 4) is 0 Å². The molecule has 0 unspecified atom stereocenters. The number of hydrogen-bond acceptors (Lipinski definition) is 2. The first kappa shape index (κ1) is 16.0. The Labute approximate surface area is 78.9 Å². The molecular weight excluding hydrogens is 467 g/mol. The molecule has 0 aromatic heterocycles. The van der Waals surface area contributed by atoms with E-state index in [1.165, 1.54) is 0 Å². The van der Waals surface area contributed by atoms with Gasteiger partial charge in [-0.1, -0.05) is 6.58 Å². The topological polar surface area (TPSA) is 26.3 Å². The third-order valence-corrected chi connectivity index (χ3v) is 0.579. The van der Waals surface area contributed by atoms with Crippen LogP contribution >= 0.6 is 8.69 Å². The summed E-state index contributed by atoms with van der Waals surface area (Å²) in [5.41, 5.74) is 0. The molecule has 46 valence electrons. The van der Waals surface area contributed by atoms with Gasteiger partial charge in [0.05, 0.1) is 0 Å². The van der Waals surface area contributed by atoms with Gasteiger partial charge in [0.25, 0.3) is 0 Å². The fourth-order valence-corrected chi connectivity index (χ4v) is 0.191. The normalized spacial score (nSPS) is 6.12. The van der Waals surface area contributed by atoms with Crippen LogP contribution < -0.4 is 0 Å². The van der Waals surface area contributed by atoms with E-state index in [1.54, 1.807) is 6.92 Å². The fraction of sp³-hybridized carbons (Fsp3) is 0.333. The van der Waals surface area contributed by atoms with E-state index in [1.807, 2.05) is 0 Å². The van der Waals surface area contributed by atoms with Crippen LogP contribution in [0.15, 0.2) is 12.3 Å². The molecule has 0 fully saturated rings. The van der Waals surface area contributed by atoms with Gasteiger partial charge in [-0.2, -0.15) is 0 Å². The predicted molar refractivity (Wildman–Crippen MR) is 23.5 cm³/mol. The molecule has 0 aliphatic heterocycles. The van der Waals surface area contributed by atoms with Crippen LogP contribution in [0, 0.1) is 0 Å². The van der Waals surface area contributed by atoms with Crippen LogP contribution in [0.3, 0.4) is 0 Å². The quantitative estimate of drug-likeness (QED) is 0.453. The van der Waals surface area contributed by atoms with E-state index in [0.29, 0.717) is 5.76 Å². The average Bonchev–Trinajstić information content (AvgIpc) is 1.35. The first-order chi connectivity index (χ1) is 2.77. The van der Waals surface area contributed by atoms with Crippen molar-refractivity contribution in [2.45, 2.75) is 6.92 Å². The van der Waals surface area contributed by atoms with Crippen molar-refractivity contribution >= 4 is 8.69 Å². The van der Waals surface area contributed by atoms with E-state index < -0.39 is 0 Å². The first-order valence-electron chi connectivity index (χ1n) is 1.42. The van der Waals surface area contributed by atoms with Gasteiger partial charge in [0, 0.05) is 42.1 Å². The minimum atomic E-state index is -0.326. The Hall–Kier alpha value is 1.02. The molecule has 0 amide bonds. The molecule has 5 heteroatoms. The van der Waals surface area contributed by atoms with Crippen LogP contribution in [-0.4, -0.2) is 0 Å². The summed E-state index contributed by atoms with van der Waals surface area (Å²) in [4.78, 5) is 0. The molecule has 0 saturated carbocycles. The molecule has 2 nitrogen and oxygen atoms in total. The smallest absolute Gasteiger partial charge is 0.395 e. The molecule has 0 heterocycles. The molecule has 0 bridgehead atoms. The van der Waals surface area contributed by atoms with Crippen molar-refractivity contribution < 1.29 is 51.2 Å². The van der Waals surface area contributed by atoms with Gasteiger partial charge < -0.3 is 4.52 Å². The van der Waals surface area contributed by atoms with E-state index >= 15 is 0 Å². The number of hydrogen-bond donors (Lipinski definition) is 0. The second-order valence-corrected chi connectivity index (χ2v) is 1.20. The van der Waals surface area contributed by atoms with Crippen molar-refractivity contribution in [3.05, 3.63) is 12.3 Å². The summed E-state index contributed by atoms with van der Waals surface area (Å²) >= 11 is 0. The van der Waals surface area contributed by atoms with Crippen LogP contribution in [0.5, 0.6) is 0 Å². The molecule has 0 aliphatic rings. The van der Waals surface area contributed by atoms with E-state index in [0.717, 1.165) is 0 Å². The van der Waals surface area contributed by atoms with Gasteiger partial charge in [0.15, 0.2) is 0 Å². The molecule has 0 saturated heterocycles. The van der Waals surface area contributed by atoms with Gasteiger partial charge in [0.2, 0.25) is 0 Å². The molecule has 0 atom stereocenters. The maximum atomic E-state index is 9.43. The minimum absolute atomic E-state index is 0. The maximum Gasteiger partial charge on any atom is 0.395 e. The zero-order valence-electron chi connectivity index (χ0n) is 4.29. The standard InChI is InChI=1S/C3H5O2P.2W/c1-3(2)5-6-4;;/h1H2,2H3;;. The summed E-state index contributed by atoms with van der Waals surface area (Å²) in [6.07, 6.45) is 0. The molecule has 0 aromatic rings. The summed E-state index contributed by atoms with van der Waals surface area (Å²) in [5.74, 6) is 0.465. The first-order valence-corrected chi connectivity index (χ1v) is 2.15. The van der Waals surface area contributed by atoms with Crippen LogP contribution in [-0.2, 0) is 51.2 Å². The molecule has 0 aromatic carbocycles. The molecular formula is C3H5O2PW2. The Morgan fingerprint density at radius 1 is 1.62 bits per heavy atom. The molecule has 0 rings (SSSR count). The van der Waals surface area contributed by atoms with Crippen LogP contribution in [0.4, 0.5) is 0 Å². The Morgan fingerprint density at radius 3 is 2.00 bits per heavy atom. The summed E-state index contributed by atoms with van der Waals surface area (Å²) in [5, 5.41) is 0. The summed E-state index contributed by atoms with van der Waals surface area (Å²) < 4.78 is 13.7. The molecule has 0 aliphatic carbocycles. The van der Waals surface area contributed by atoms with Crippen molar-refractivity contribution in [1.29, 1.82) is 0 Å². The summed E-state index contributed by atoms with van der Waals surface area (Å²) in [7, 11) is -0.326. The summed E-state index contributed by atoms with van der Waals surface area (Å²) in [6, 6.07) is 0. The van der Waals surface area contributed by atoms with Crippen molar-refractivity contribution in [3.63, 3.8) is 0 Å². The fourth-order valence-electron chi connectivity index (χ4n) is 0.0636. The van der Waals surface area contributed by atoms with E-state index in [9.17, 15) is 4.57 Å². The maximum absolute atomic E-state index is 9.43. The Morgan fingerprint density at radius 2 is 2.00 bits per heavy atom. The third kappa shape index (κ3) is 15.7. The Kier molecular flexibility index (Phi) is 21.8. The van der Waals surface area contributed by atoms with Crippen LogP contribution in [0.2, 0.25) is 0 Å². The van der Waals surface area contributed by atoms with Crippen molar-refractivity contribution in [1.82, 2.24) is 0 Å². The van der Waals surface area contributed by atoms with E-state index in [-0.39, 0.29) is 50.8 Å². The predicted octanol–water partition coefficient (Wildman–Crippen LogP) is 1.74. The Balaban J connectivity index is -0.000000125. The van der Waals surface area contributed by atoms with Gasteiger partial charge in [0.1, 0.15) is 5.76 Å². The number of rotatable bonds is 2. The zero-order chi connectivity index (χ0) is 4.99. The van der Waals surface area contributed by atoms with Crippen LogP contribution in [0.25, 0.3) is 0 Å². The van der Waals surface area contributed by atoms with Gasteiger partial charge in [-0.25, -0.2) is 4.57 Å². The molecule has 0 spiro atoms. The van der Waals surface area contributed by atoms with Crippen LogP contribution in [0.1, 0.15) is 6.92 Å². The van der Waals surface area contributed by atoms with Gasteiger partial charge in [-0.05, 0) is 6.92 Å². The monoisotopic (exact) mass is 472 g/mol. The number of allylic oxidation sites excluding steroid dienone is 1. The largest absolute Gasteiger partial charge is 0.413 e. The SMILES string of the molecule is C=C(C)OP=O.[W].[W]. The van der Waals surface area contributed by atoms with Gasteiger partial charge in [-0.15, -0.1) is 0 Å². The molecule has 8 heavy (non-hydrogen) atoms. The molecule has 0 N–H and O–H groups in total. The van der Waals surface area contributed by atoms with Crippen molar-refractivity contribution in [2.75, 3.05) is 0 Å². The van der Waals surface area contributed by atoms with Gasteiger partial charge in [-0.3, -0.25) is 0 Å². The average molecular weight is 472 g/mol. The van der Waals surface area contributed by atoms with Crippen molar-refractivity contribution in [2.24, 2.45) is 0 Å². The van der Waals surface area contributed by atoms with E-state index in [4.69, 9.17) is 0 Å². The molecule has 0 radical (unpaired) electrons. The summed E-state index contributed by atoms with van der Waals surface area (Å²) in [6.45, 7) is 4.95. The third-order valence-electron chi connectivity index (χ3n) is 0.193. The second-order valence-electron chi connectivity index (χ2n) is 0.868. The minimum Gasteiger partial charge on any atom is -0.413 e.